The SMILES string of the molecule is N#C/C(=C/c1cc(Cl)c(OCc2ccc(F)cc2)c(Br)c1)c1nc2ccc(F)cc2[nH]1. The molecule has 0 saturated carbocycles. The maximum atomic E-state index is 13.4. The number of hydrogen-bond acceptors (Lipinski definition) is 3. The molecule has 0 aliphatic rings. The lowest BCUT2D eigenvalue weighted by molar-refractivity contribution is 0.304. The van der Waals surface area contributed by atoms with Gasteiger partial charge < -0.3 is 9.72 Å². The average Bonchev–Trinajstić information content (AvgIpc) is 3.15. The molecular weight excluding hydrogens is 488 g/mol. The van der Waals surface area contributed by atoms with E-state index in [-0.39, 0.29) is 18.0 Å². The number of allylic oxidation sites excluding steroid dienone is 1. The first kappa shape index (κ1) is 21.0. The first-order valence-electron chi connectivity index (χ1n) is 9.06. The van der Waals surface area contributed by atoms with Crippen LogP contribution in [0, 0.1) is 23.0 Å². The van der Waals surface area contributed by atoms with E-state index in [2.05, 4.69) is 32.0 Å². The third-order valence-corrected chi connectivity index (χ3v) is 5.32. The number of halogens is 4. The van der Waals surface area contributed by atoms with Crippen LogP contribution < -0.4 is 4.74 Å². The van der Waals surface area contributed by atoms with Gasteiger partial charge in [0, 0.05) is 0 Å². The minimum atomic E-state index is -0.392. The monoisotopic (exact) mass is 499 g/mol. The summed E-state index contributed by atoms with van der Waals surface area (Å²) in [4.78, 5) is 7.30. The van der Waals surface area contributed by atoms with Crippen LogP contribution >= 0.6 is 27.5 Å². The second-order valence-electron chi connectivity index (χ2n) is 6.65. The van der Waals surface area contributed by atoms with E-state index in [0.717, 1.165) is 5.56 Å². The Labute approximate surface area is 189 Å². The number of fused-ring (bicyclic) bond motifs is 1. The summed E-state index contributed by atoms with van der Waals surface area (Å²) in [5.74, 6) is 0.0481. The van der Waals surface area contributed by atoms with Gasteiger partial charge in [-0.3, -0.25) is 0 Å². The molecule has 0 bridgehead atoms. The summed E-state index contributed by atoms with van der Waals surface area (Å²) in [5.41, 5.74) is 2.76. The van der Waals surface area contributed by atoms with Gasteiger partial charge in [0.15, 0.2) is 5.75 Å². The Morgan fingerprint density at radius 3 is 2.58 bits per heavy atom. The Bertz CT molecular complexity index is 1320. The van der Waals surface area contributed by atoms with Gasteiger partial charge in [0.2, 0.25) is 0 Å². The van der Waals surface area contributed by atoms with E-state index in [1.54, 1.807) is 36.4 Å². The number of nitrogens with one attached hydrogen (secondary N) is 1. The predicted molar refractivity (Wildman–Crippen MR) is 119 cm³/mol. The number of hydrogen-bond donors (Lipinski definition) is 1. The summed E-state index contributed by atoms with van der Waals surface area (Å²) in [5, 5.41) is 9.93. The summed E-state index contributed by atoms with van der Waals surface area (Å²) < 4.78 is 32.8. The van der Waals surface area contributed by atoms with Crippen molar-refractivity contribution in [3.8, 4) is 11.8 Å². The third-order valence-electron chi connectivity index (χ3n) is 4.45. The first-order chi connectivity index (χ1) is 14.9. The smallest absolute Gasteiger partial charge is 0.152 e. The second-order valence-corrected chi connectivity index (χ2v) is 7.91. The first-order valence-corrected chi connectivity index (χ1v) is 10.2. The molecule has 4 rings (SSSR count). The molecule has 0 unspecified atom stereocenters. The number of nitriles is 1. The number of ether oxygens (including phenoxy) is 1. The van der Waals surface area contributed by atoms with Crippen molar-refractivity contribution in [2.45, 2.75) is 6.61 Å². The highest BCUT2D eigenvalue weighted by molar-refractivity contribution is 9.10. The summed E-state index contributed by atoms with van der Waals surface area (Å²) in [6.45, 7) is 0.215. The quantitative estimate of drug-likeness (QED) is 0.303. The number of aromatic nitrogens is 2. The number of imidazole rings is 1. The molecule has 4 aromatic rings. The lowest BCUT2D eigenvalue weighted by Gasteiger charge is -2.11. The van der Waals surface area contributed by atoms with Crippen LogP contribution in [0.15, 0.2) is 59.1 Å². The van der Waals surface area contributed by atoms with Crippen LogP contribution in [0.2, 0.25) is 5.02 Å². The van der Waals surface area contributed by atoms with Crippen molar-refractivity contribution in [3.63, 3.8) is 0 Å². The zero-order valence-corrected chi connectivity index (χ0v) is 18.1. The van der Waals surface area contributed by atoms with Crippen molar-refractivity contribution in [2.75, 3.05) is 0 Å². The van der Waals surface area contributed by atoms with E-state index in [1.807, 2.05) is 0 Å². The molecule has 31 heavy (non-hydrogen) atoms. The van der Waals surface area contributed by atoms with Gasteiger partial charge in [-0.2, -0.15) is 5.26 Å². The van der Waals surface area contributed by atoms with E-state index in [1.165, 1.54) is 24.3 Å². The number of aromatic amines is 1. The molecule has 1 aromatic heterocycles. The van der Waals surface area contributed by atoms with Gasteiger partial charge in [-0.25, -0.2) is 13.8 Å². The lowest BCUT2D eigenvalue weighted by Crippen LogP contribution is -1.97. The number of benzene rings is 3. The summed E-state index contributed by atoms with van der Waals surface area (Å²) in [6, 6.07) is 15.7. The highest BCUT2D eigenvalue weighted by Crippen LogP contribution is 2.36. The Balaban J connectivity index is 1.60. The molecule has 8 heteroatoms. The van der Waals surface area contributed by atoms with Crippen molar-refractivity contribution >= 4 is 50.2 Å². The third kappa shape index (κ3) is 4.76. The van der Waals surface area contributed by atoms with Crippen molar-refractivity contribution in [3.05, 3.63) is 92.7 Å². The van der Waals surface area contributed by atoms with E-state index in [0.29, 0.717) is 37.7 Å². The van der Waals surface area contributed by atoms with Gasteiger partial charge in [-0.15, -0.1) is 0 Å². The lowest BCUT2D eigenvalue weighted by atomic mass is 10.1. The van der Waals surface area contributed by atoms with Gasteiger partial charge >= 0.3 is 0 Å². The molecule has 3 aromatic carbocycles. The fourth-order valence-electron chi connectivity index (χ4n) is 2.97. The second kappa shape index (κ2) is 8.88. The molecule has 0 spiro atoms. The topological polar surface area (TPSA) is 61.7 Å². The van der Waals surface area contributed by atoms with E-state index >= 15 is 0 Å². The minimum absolute atomic E-state index is 0.215. The summed E-state index contributed by atoms with van der Waals surface area (Å²) >= 11 is 9.83. The maximum Gasteiger partial charge on any atom is 0.152 e. The molecule has 0 saturated heterocycles. The fraction of sp³-hybridized carbons (Fsp3) is 0.0435. The average molecular weight is 501 g/mol. The predicted octanol–water partition coefficient (Wildman–Crippen LogP) is 6.90. The molecule has 0 aliphatic heterocycles. The Kier molecular flexibility index (Phi) is 6.03. The highest BCUT2D eigenvalue weighted by atomic mass is 79.9. The van der Waals surface area contributed by atoms with Crippen molar-refractivity contribution in [1.82, 2.24) is 9.97 Å². The van der Waals surface area contributed by atoms with Crippen molar-refractivity contribution in [2.24, 2.45) is 0 Å². The summed E-state index contributed by atoms with van der Waals surface area (Å²) in [6.07, 6.45) is 1.62. The molecule has 0 fully saturated rings. The van der Waals surface area contributed by atoms with Crippen molar-refractivity contribution < 1.29 is 13.5 Å². The molecule has 4 nitrogen and oxygen atoms in total. The van der Waals surface area contributed by atoms with Crippen LogP contribution in [-0.2, 0) is 6.61 Å². The van der Waals surface area contributed by atoms with E-state index in [9.17, 15) is 14.0 Å². The molecule has 0 atom stereocenters. The van der Waals surface area contributed by atoms with Crippen molar-refractivity contribution in [1.29, 1.82) is 5.26 Å². The largest absolute Gasteiger partial charge is 0.486 e. The fourth-order valence-corrected chi connectivity index (χ4v) is 3.96. The molecule has 0 radical (unpaired) electrons. The van der Waals surface area contributed by atoms with Crippen LogP contribution in [0.5, 0.6) is 5.75 Å². The molecular formula is C23H13BrClF2N3O. The van der Waals surface area contributed by atoms with Crippen LogP contribution in [0.3, 0.4) is 0 Å². The van der Waals surface area contributed by atoms with Crippen LogP contribution in [-0.4, -0.2) is 9.97 Å². The number of H-pyrrole nitrogens is 1. The van der Waals surface area contributed by atoms with E-state index < -0.39 is 5.82 Å². The molecule has 1 heterocycles. The number of nitrogens with zero attached hydrogens (tertiary/aromatic N) is 2. The standard InChI is InChI=1S/C23H13BrClF2N3O/c24-18-8-14(9-19(25)22(18)31-12-13-1-3-16(26)4-2-13)7-15(11-28)23-29-20-6-5-17(27)10-21(20)30-23/h1-10H,12H2,(H,29,30)/b15-7-. The highest BCUT2D eigenvalue weighted by Gasteiger charge is 2.12. The van der Waals surface area contributed by atoms with Gasteiger partial charge in [0.05, 0.1) is 26.1 Å². The molecule has 0 aliphatic carbocycles. The zero-order chi connectivity index (χ0) is 22.0. The number of rotatable bonds is 5. The normalized spacial score (nSPS) is 11.5. The van der Waals surface area contributed by atoms with Crippen LogP contribution in [0.25, 0.3) is 22.7 Å². The Morgan fingerprint density at radius 1 is 1.13 bits per heavy atom. The molecule has 1 N–H and O–H groups in total. The summed E-state index contributed by atoms with van der Waals surface area (Å²) in [7, 11) is 0. The molecule has 0 amide bonds. The molecule has 154 valence electrons. The van der Waals surface area contributed by atoms with Gasteiger partial charge in [-0.1, -0.05) is 23.7 Å². The van der Waals surface area contributed by atoms with Gasteiger partial charge in [-0.05, 0) is 75.6 Å². The van der Waals surface area contributed by atoms with Crippen LogP contribution in [0.1, 0.15) is 17.0 Å². The Morgan fingerprint density at radius 2 is 1.87 bits per heavy atom. The Hall–Kier alpha value is -3.21. The minimum Gasteiger partial charge on any atom is -0.486 e. The van der Waals surface area contributed by atoms with E-state index in [4.69, 9.17) is 16.3 Å². The zero-order valence-electron chi connectivity index (χ0n) is 15.8. The maximum absolute atomic E-state index is 13.4. The van der Waals surface area contributed by atoms with Gasteiger partial charge in [0.1, 0.15) is 30.1 Å². The van der Waals surface area contributed by atoms with Gasteiger partial charge in [0.25, 0.3) is 0 Å². The van der Waals surface area contributed by atoms with Crippen LogP contribution in [0.4, 0.5) is 8.78 Å².